The fourth-order valence-electron chi connectivity index (χ4n) is 8.15. The number of likely N-dealkylation sites (tertiary alicyclic amines) is 1. The minimum atomic E-state index is -4.77. The van der Waals surface area contributed by atoms with Crippen LogP contribution in [0.2, 0.25) is 0 Å². The van der Waals surface area contributed by atoms with Gasteiger partial charge in [0.2, 0.25) is 0 Å². The highest BCUT2D eigenvalue weighted by Gasteiger charge is 2.60. The molecule has 1 aliphatic heterocycles. The summed E-state index contributed by atoms with van der Waals surface area (Å²) in [6.45, 7) is 5.99. The van der Waals surface area contributed by atoms with Crippen LogP contribution < -0.4 is 10.1 Å². The second-order valence-corrected chi connectivity index (χ2v) is 17.1. The first-order valence-electron chi connectivity index (χ1n) is 17.3. The average Bonchev–Trinajstić information content (AvgIpc) is 3.44. The third-order valence-electron chi connectivity index (χ3n) is 10.4. The van der Waals surface area contributed by atoms with Gasteiger partial charge in [0.05, 0.1) is 10.5 Å². The van der Waals surface area contributed by atoms with Gasteiger partial charge < -0.3 is 14.8 Å². The topological polar surface area (TPSA) is 84.9 Å². The quantitative estimate of drug-likeness (QED) is 0.185. The Morgan fingerprint density at radius 2 is 1.67 bits per heavy atom. The summed E-state index contributed by atoms with van der Waals surface area (Å²) in [5.41, 5.74) is -1.04. The van der Waals surface area contributed by atoms with Gasteiger partial charge in [0.25, 0.3) is 0 Å². The van der Waals surface area contributed by atoms with Gasteiger partial charge in [-0.15, -0.1) is 0 Å². The van der Waals surface area contributed by atoms with Crippen LogP contribution in [0, 0.1) is 17.6 Å². The van der Waals surface area contributed by atoms with Gasteiger partial charge in [0, 0.05) is 30.7 Å². The number of rotatable bonds is 8. The molecule has 0 spiro atoms. The number of ether oxygens (including phenoxy) is 2. The minimum absolute atomic E-state index is 0.00373. The molecule has 7 nitrogen and oxygen atoms in total. The maximum absolute atomic E-state index is 14.7. The average molecular weight is 735 g/mol. The fraction of sp³-hybridized carbons (Fsp3) is 0.500. The highest BCUT2D eigenvalue weighted by Crippen LogP contribution is 2.53. The molecule has 3 aromatic carbocycles. The molecule has 1 heterocycles. The van der Waals surface area contributed by atoms with Crippen molar-refractivity contribution < 1.29 is 44.6 Å². The van der Waals surface area contributed by atoms with Crippen molar-refractivity contribution in [3.63, 3.8) is 0 Å². The number of nitrogens with zero attached hydrogens (tertiary/aromatic N) is 1. The number of aryl methyl sites for hydroxylation is 1. The van der Waals surface area contributed by atoms with Crippen molar-refractivity contribution in [2.24, 2.45) is 5.92 Å². The molecule has 2 aliphatic carbocycles. The molecule has 0 aromatic heterocycles. The van der Waals surface area contributed by atoms with Crippen LogP contribution in [-0.4, -0.2) is 50.2 Å². The number of alkyl carbamates (subject to hydrolysis) is 1. The number of carbonyl (C=O) groups excluding carboxylic acids is 1. The van der Waals surface area contributed by atoms with Crippen molar-refractivity contribution >= 4 is 15.9 Å². The van der Waals surface area contributed by atoms with E-state index in [1.165, 1.54) is 18.2 Å². The van der Waals surface area contributed by atoms with Crippen molar-refractivity contribution in [2.45, 2.75) is 106 Å². The second-order valence-electron chi connectivity index (χ2n) is 14.9. The molecule has 0 bridgehead atoms. The van der Waals surface area contributed by atoms with Crippen LogP contribution in [0.4, 0.5) is 26.7 Å². The zero-order valence-electron chi connectivity index (χ0n) is 28.9. The first-order chi connectivity index (χ1) is 24.0. The summed E-state index contributed by atoms with van der Waals surface area (Å²) < 4.78 is 108. The lowest BCUT2D eigenvalue weighted by molar-refractivity contribution is -0.138. The van der Waals surface area contributed by atoms with E-state index in [0.29, 0.717) is 49.4 Å². The van der Waals surface area contributed by atoms with Crippen LogP contribution >= 0.6 is 0 Å². The number of halogens is 5. The Morgan fingerprint density at radius 3 is 2.33 bits per heavy atom. The van der Waals surface area contributed by atoms with Crippen LogP contribution in [0.5, 0.6) is 5.75 Å². The fourth-order valence-corrected chi connectivity index (χ4v) is 10.5. The number of carbonyl (C=O) groups is 1. The molecule has 1 saturated carbocycles. The summed E-state index contributed by atoms with van der Waals surface area (Å²) in [5, 5.41) is 2.97. The van der Waals surface area contributed by atoms with Gasteiger partial charge in [-0.3, -0.25) is 4.90 Å². The third kappa shape index (κ3) is 7.60. The van der Waals surface area contributed by atoms with E-state index in [0.717, 1.165) is 56.0 Å². The normalized spacial score (nSPS) is 24.0. The molecule has 1 N–H and O–H groups in total. The smallest absolute Gasteiger partial charge is 0.416 e. The zero-order valence-corrected chi connectivity index (χ0v) is 29.7. The maximum Gasteiger partial charge on any atom is 0.416 e. The molecular weight excluding hydrogens is 691 g/mol. The molecule has 0 radical (unpaired) electrons. The van der Waals surface area contributed by atoms with Crippen LogP contribution in [0.25, 0.3) is 0 Å². The Balaban J connectivity index is 1.24. The van der Waals surface area contributed by atoms with Crippen molar-refractivity contribution in [1.82, 2.24) is 10.2 Å². The number of hydrogen-bond donors (Lipinski definition) is 1. The lowest BCUT2D eigenvalue weighted by Crippen LogP contribution is -2.51. The first-order valence-corrected chi connectivity index (χ1v) is 18.8. The largest absolute Gasteiger partial charge is 0.489 e. The van der Waals surface area contributed by atoms with Crippen LogP contribution in [0.1, 0.15) is 81.5 Å². The second kappa shape index (κ2) is 14.0. The standard InChI is InChI=1S/C38H43F5N2O5S/c1-36(2,3)50-35(46)44-27-12-7-24(8-13-27)22-45-20-19-37(51(47,48)29-15-10-26(39)11-16-29)31-17-14-28(21-25(31)9-18-34(37)45)49-23-30-32(38(41,42)43)5-4-6-33(30)40/h4-6,10-11,14-17,21,24,27,34H,7-9,12-13,18-20,22-23H2,1-3H3,(H,44,46)/t24?,27?,34-,37-/m1/s1. The predicted molar refractivity (Wildman–Crippen MR) is 181 cm³/mol. The molecule has 2 fully saturated rings. The Kier molecular flexibility index (Phi) is 10.2. The van der Waals surface area contributed by atoms with Gasteiger partial charge in [-0.05, 0) is 131 Å². The van der Waals surface area contributed by atoms with Gasteiger partial charge in [-0.1, -0.05) is 12.1 Å². The van der Waals surface area contributed by atoms with Gasteiger partial charge in [-0.25, -0.2) is 22.0 Å². The highest BCUT2D eigenvalue weighted by atomic mass is 32.2. The summed E-state index contributed by atoms with van der Waals surface area (Å²) in [6, 6.07) is 12.1. The van der Waals surface area contributed by atoms with Crippen molar-refractivity contribution in [1.29, 1.82) is 0 Å². The molecule has 0 unspecified atom stereocenters. The van der Waals surface area contributed by atoms with E-state index in [-0.39, 0.29) is 22.7 Å². The molecule has 276 valence electrons. The zero-order chi connectivity index (χ0) is 36.8. The Hall–Kier alpha value is -3.71. The molecule has 1 amide bonds. The van der Waals surface area contributed by atoms with Gasteiger partial charge >= 0.3 is 12.3 Å². The number of hydrogen-bond acceptors (Lipinski definition) is 6. The lowest BCUT2D eigenvalue weighted by atomic mass is 9.78. The Morgan fingerprint density at radius 1 is 0.961 bits per heavy atom. The molecular formula is C38H43F5N2O5S. The van der Waals surface area contributed by atoms with E-state index < -0.39 is 61.8 Å². The number of amides is 1. The number of nitrogens with one attached hydrogen (secondary N) is 1. The number of benzene rings is 3. The van der Waals surface area contributed by atoms with Crippen molar-refractivity contribution in [3.05, 3.63) is 94.6 Å². The Labute approximate surface area is 295 Å². The first kappa shape index (κ1) is 37.1. The summed E-state index contributed by atoms with van der Waals surface area (Å²) in [7, 11) is -4.08. The number of alkyl halides is 3. The lowest BCUT2D eigenvalue weighted by Gasteiger charge is -2.44. The SMILES string of the molecule is CC(C)(C)OC(=O)NC1CCC(CN2CC[C@@]3(S(=O)(=O)c4ccc(F)cc4)c4ccc(OCc5c(F)cccc5C(F)(F)F)cc4CC[C@@H]23)CC1. The van der Waals surface area contributed by atoms with Gasteiger partial charge in [0.1, 0.15) is 34.3 Å². The van der Waals surface area contributed by atoms with Gasteiger partial charge in [0.15, 0.2) is 9.84 Å². The van der Waals surface area contributed by atoms with Crippen LogP contribution in [-0.2, 0) is 38.5 Å². The van der Waals surface area contributed by atoms with E-state index in [1.807, 2.05) is 20.8 Å². The minimum Gasteiger partial charge on any atom is -0.489 e. The molecule has 51 heavy (non-hydrogen) atoms. The van der Waals surface area contributed by atoms with Crippen molar-refractivity contribution in [3.8, 4) is 5.75 Å². The number of fused-ring (bicyclic) bond motifs is 3. The molecule has 3 aliphatic rings. The van der Waals surface area contributed by atoms with E-state index in [2.05, 4.69) is 10.2 Å². The molecule has 2 atom stereocenters. The van der Waals surface area contributed by atoms with E-state index in [4.69, 9.17) is 9.47 Å². The molecule has 3 aromatic rings. The summed E-state index contributed by atoms with van der Waals surface area (Å²) in [4.78, 5) is 14.6. The molecule has 1 saturated heterocycles. The van der Waals surface area contributed by atoms with Crippen LogP contribution in [0.3, 0.4) is 0 Å². The summed E-state index contributed by atoms with van der Waals surface area (Å²) >= 11 is 0. The summed E-state index contributed by atoms with van der Waals surface area (Å²) in [5.74, 6) is -1.09. The third-order valence-corrected chi connectivity index (χ3v) is 13.0. The van der Waals surface area contributed by atoms with Gasteiger partial charge in [-0.2, -0.15) is 13.2 Å². The van der Waals surface area contributed by atoms with E-state index >= 15 is 0 Å². The summed E-state index contributed by atoms with van der Waals surface area (Å²) in [6.07, 6.45) is -0.634. The van der Waals surface area contributed by atoms with Crippen molar-refractivity contribution in [2.75, 3.05) is 13.1 Å². The predicted octanol–water partition coefficient (Wildman–Crippen LogP) is 8.34. The maximum atomic E-state index is 14.7. The van der Waals surface area contributed by atoms with E-state index in [1.54, 1.807) is 12.1 Å². The van der Waals surface area contributed by atoms with Crippen LogP contribution in [0.15, 0.2) is 65.6 Å². The monoisotopic (exact) mass is 734 g/mol. The number of sulfone groups is 1. The Bertz CT molecular complexity index is 1850. The van der Waals surface area contributed by atoms with E-state index in [9.17, 15) is 35.2 Å². The highest BCUT2D eigenvalue weighted by molar-refractivity contribution is 7.92. The molecule has 6 rings (SSSR count). The molecule has 13 heteroatoms.